The van der Waals surface area contributed by atoms with Crippen molar-refractivity contribution < 1.29 is 14.6 Å². The molecule has 0 fully saturated rings. The maximum absolute atomic E-state index is 11.7. The molecule has 1 amide bonds. The van der Waals surface area contributed by atoms with Gasteiger partial charge in [0.1, 0.15) is 11.5 Å². The minimum Gasteiger partial charge on any atom is -0.507 e. The molecule has 0 bridgehead atoms. The molecule has 0 atom stereocenters. The molecule has 0 heterocycles. The Morgan fingerprint density at radius 3 is 2.65 bits per heavy atom. The number of benzene rings is 2. The number of rotatable bonds is 5. The third kappa shape index (κ3) is 5.00. The predicted molar refractivity (Wildman–Crippen MR) is 90.3 cm³/mol. The highest BCUT2D eigenvalue weighted by molar-refractivity contribution is 6.30. The van der Waals surface area contributed by atoms with Crippen LogP contribution in [0.2, 0.25) is 5.02 Å². The van der Waals surface area contributed by atoms with Gasteiger partial charge in [0.2, 0.25) is 0 Å². The van der Waals surface area contributed by atoms with Crippen molar-refractivity contribution in [1.29, 1.82) is 0 Å². The Balaban J connectivity index is 1.86. The summed E-state index contributed by atoms with van der Waals surface area (Å²) in [4.78, 5) is 11.7. The molecule has 0 unspecified atom stereocenters. The molecule has 0 radical (unpaired) electrons. The maximum atomic E-state index is 11.7. The Morgan fingerprint density at radius 1 is 1.30 bits per heavy atom. The Kier molecular flexibility index (Phi) is 5.60. The second-order valence-corrected chi connectivity index (χ2v) is 5.48. The topological polar surface area (TPSA) is 70.9 Å². The van der Waals surface area contributed by atoms with Crippen molar-refractivity contribution >= 4 is 23.7 Å². The molecule has 2 rings (SSSR count). The molecule has 0 aromatic heterocycles. The number of halogens is 1. The predicted octanol–water partition coefficient (Wildman–Crippen LogP) is 3.19. The zero-order valence-corrected chi connectivity index (χ0v) is 13.6. The number of phenolic OH excluding ortho intramolecular Hbond substituents is 1. The van der Waals surface area contributed by atoms with E-state index in [2.05, 4.69) is 10.5 Å². The molecule has 120 valence electrons. The van der Waals surface area contributed by atoms with Gasteiger partial charge in [-0.15, -0.1) is 0 Å². The monoisotopic (exact) mass is 332 g/mol. The van der Waals surface area contributed by atoms with Gasteiger partial charge in [-0.05, 0) is 60.9 Å². The smallest absolute Gasteiger partial charge is 0.277 e. The van der Waals surface area contributed by atoms with E-state index in [1.807, 2.05) is 0 Å². The van der Waals surface area contributed by atoms with Crippen LogP contribution in [0.25, 0.3) is 0 Å². The molecule has 2 aromatic rings. The van der Waals surface area contributed by atoms with Crippen molar-refractivity contribution in [1.82, 2.24) is 5.43 Å². The zero-order valence-electron chi connectivity index (χ0n) is 12.8. The number of aryl methyl sites for hydroxylation is 2. The van der Waals surface area contributed by atoms with E-state index in [4.69, 9.17) is 16.3 Å². The van der Waals surface area contributed by atoms with Crippen LogP contribution in [0.15, 0.2) is 41.5 Å². The highest BCUT2D eigenvalue weighted by atomic mass is 35.5. The molecule has 0 saturated heterocycles. The van der Waals surface area contributed by atoms with Crippen LogP contribution in [-0.2, 0) is 4.79 Å². The second kappa shape index (κ2) is 7.65. The fourth-order valence-corrected chi connectivity index (χ4v) is 2.16. The number of carbonyl (C=O) groups is 1. The number of hydrogen-bond donors (Lipinski definition) is 2. The van der Waals surface area contributed by atoms with Crippen LogP contribution in [0.3, 0.4) is 0 Å². The minimum atomic E-state index is -0.381. The van der Waals surface area contributed by atoms with Gasteiger partial charge in [0, 0.05) is 5.02 Å². The summed E-state index contributed by atoms with van der Waals surface area (Å²) in [5, 5.41) is 14.1. The van der Waals surface area contributed by atoms with E-state index in [1.54, 1.807) is 50.2 Å². The lowest BCUT2D eigenvalue weighted by Crippen LogP contribution is -2.24. The van der Waals surface area contributed by atoms with Crippen LogP contribution in [0.4, 0.5) is 0 Å². The number of phenols is 1. The van der Waals surface area contributed by atoms with Crippen molar-refractivity contribution in [3.63, 3.8) is 0 Å². The van der Waals surface area contributed by atoms with Crippen LogP contribution >= 0.6 is 11.6 Å². The van der Waals surface area contributed by atoms with Crippen molar-refractivity contribution in [3.8, 4) is 11.5 Å². The number of ether oxygens (including phenoxy) is 1. The zero-order chi connectivity index (χ0) is 16.8. The van der Waals surface area contributed by atoms with E-state index in [9.17, 15) is 9.90 Å². The maximum Gasteiger partial charge on any atom is 0.277 e. The molecular weight excluding hydrogens is 316 g/mol. The average Bonchev–Trinajstić information content (AvgIpc) is 2.50. The van der Waals surface area contributed by atoms with Crippen LogP contribution in [0.5, 0.6) is 11.5 Å². The first-order chi connectivity index (χ1) is 11.0. The lowest BCUT2D eigenvalue weighted by molar-refractivity contribution is -0.123. The third-order valence-corrected chi connectivity index (χ3v) is 3.32. The second-order valence-electron chi connectivity index (χ2n) is 5.04. The summed E-state index contributed by atoms with van der Waals surface area (Å²) < 4.78 is 5.30. The summed E-state index contributed by atoms with van der Waals surface area (Å²) in [6, 6.07) is 10.4. The molecular formula is C17H17ClN2O3. The Bertz CT molecular complexity index is 721. The van der Waals surface area contributed by atoms with Gasteiger partial charge in [-0.1, -0.05) is 17.7 Å². The molecule has 6 heteroatoms. The van der Waals surface area contributed by atoms with Crippen LogP contribution < -0.4 is 10.2 Å². The third-order valence-electron chi connectivity index (χ3n) is 3.08. The molecule has 0 saturated carbocycles. The van der Waals surface area contributed by atoms with E-state index in [1.165, 1.54) is 6.21 Å². The SMILES string of the molecule is Cc1cc(/C=N/NC(=O)COc2cccc(Cl)c2)cc(C)c1O. The number of nitrogens with one attached hydrogen (secondary N) is 1. The van der Waals surface area contributed by atoms with E-state index in [-0.39, 0.29) is 18.3 Å². The van der Waals surface area contributed by atoms with E-state index >= 15 is 0 Å². The average molecular weight is 333 g/mol. The summed E-state index contributed by atoms with van der Waals surface area (Å²) in [6.45, 7) is 3.44. The molecule has 0 aliphatic carbocycles. The lowest BCUT2D eigenvalue weighted by atomic mass is 10.1. The van der Waals surface area contributed by atoms with Crippen molar-refractivity contribution in [2.75, 3.05) is 6.61 Å². The quantitative estimate of drug-likeness (QED) is 0.652. The highest BCUT2D eigenvalue weighted by Gasteiger charge is 2.03. The first-order valence-electron chi connectivity index (χ1n) is 6.96. The summed E-state index contributed by atoms with van der Waals surface area (Å²) >= 11 is 5.83. The van der Waals surface area contributed by atoms with Gasteiger partial charge in [-0.2, -0.15) is 5.10 Å². The summed E-state index contributed by atoms with van der Waals surface area (Å²) in [5.74, 6) is 0.399. The van der Waals surface area contributed by atoms with Crippen molar-refractivity contribution in [3.05, 3.63) is 58.1 Å². The van der Waals surface area contributed by atoms with E-state index < -0.39 is 0 Å². The van der Waals surface area contributed by atoms with Gasteiger partial charge in [-0.25, -0.2) is 5.43 Å². The summed E-state index contributed by atoms with van der Waals surface area (Å²) in [6.07, 6.45) is 1.51. The van der Waals surface area contributed by atoms with Crippen LogP contribution in [0, 0.1) is 13.8 Å². The van der Waals surface area contributed by atoms with Gasteiger partial charge in [-0.3, -0.25) is 4.79 Å². The van der Waals surface area contributed by atoms with Gasteiger partial charge in [0.15, 0.2) is 6.61 Å². The van der Waals surface area contributed by atoms with Crippen molar-refractivity contribution in [2.45, 2.75) is 13.8 Å². The summed E-state index contributed by atoms with van der Waals surface area (Å²) in [5.41, 5.74) is 4.67. The van der Waals surface area contributed by atoms with Crippen LogP contribution in [0.1, 0.15) is 16.7 Å². The molecule has 5 nitrogen and oxygen atoms in total. The van der Waals surface area contributed by atoms with Gasteiger partial charge in [0.05, 0.1) is 6.21 Å². The standard InChI is InChI=1S/C17H17ClN2O3/c1-11-6-13(7-12(2)17(11)22)9-19-20-16(21)10-23-15-5-3-4-14(18)8-15/h3-9,22H,10H2,1-2H3,(H,20,21)/b19-9+. The number of amides is 1. The number of carbonyl (C=O) groups excluding carboxylic acids is 1. The fourth-order valence-electron chi connectivity index (χ4n) is 1.98. The number of hydrazone groups is 1. The minimum absolute atomic E-state index is 0.161. The fraction of sp³-hybridized carbons (Fsp3) is 0.176. The molecule has 23 heavy (non-hydrogen) atoms. The van der Waals surface area contributed by atoms with Crippen LogP contribution in [-0.4, -0.2) is 23.8 Å². The Hall–Kier alpha value is -2.53. The largest absolute Gasteiger partial charge is 0.507 e. The Labute approximate surface area is 139 Å². The number of nitrogens with zero attached hydrogens (tertiary/aromatic N) is 1. The number of aromatic hydroxyl groups is 1. The molecule has 0 spiro atoms. The van der Waals surface area contributed by atoms with Crippen molar-refractivity contribution in [2.24, 2.45) is 5.10 Å². The first kappa shape index (κ1) is 16.8. The Morgan fingerprint density at radius 2 is 2.00 bits per heavy atom. The first-order valence-corrected chi connectivity index (χ1v) is 7.34. The number of hydrogen-bond acceptors (Lipinski definition) is 4. The van der Waals surface area contributed by atoms with Gasteiger partial charge < -0.3 is 9.84 Å². The molecule has 2 N–H and O–H groups in total. The van der Waals surface area contributed by atoms with E-state index in [0.717, 1.165) is 16.7 Å². The van der Waals surface area contributed by atoms with Gasteiger partial charge in [0.25, 0.3) is 5.91 Å². The summed E-state index contributed by atoms with van der Waals surface area (Å²) in [7, 11) is 0. The molecule has 2 aromatic carbocycles. The van der Waals surface area contributed by atoms with Gasteiger partial charge >= 0.3 is 0 Å². The normalized spacial score (nSPS) is 10.7. The molecule has 0 aliphatic rings. The lowest BCUT2D eigenvalue weighted by Gasteiger charge is -2.06. The molecule has 0 aliphatic heterocycles. The van der Waals surface area contributed by atoms with E-state index in [0.29, 0.717) is 10.8 Å². The highest BCUT2D eigenvalue weighted by Crippen LogP contribution is 2.22.